The Labute approximate surface area is 239 Å². The number of hydrogen-bond acceptors (Lipinski definition) is 9. The molecule has 0 aliphatic carbocycles. The van der Waals surface area contributed by atoms with Gasteiger partial charge < -0.3 is 15.1 Å². The van der Waals surface area contributed by atoms with Crippen LogP contribution in [0.3, 0.4) is 0 Å². The van der Waals surface area contributed by atoms with E-state index in [0.29, 0.717) is 44.8 Å². The first kappa shape index (κ1) is 28.5. The molecule has 0 radical (unpaired) electrons. The lowest BCUT2D eigenvalue weighted by Gasteiger charge is -2.33. The number of piperidine rings is 1. The fourth-order valence-electron chi connectivity index (χ4n) is 5.47. The quantitative estimate of drug-likeness (QED) is 0.423. The Balaban J connectivity index is 1.56. The number of hydrogen-bond donors (Lipinski definition) is 1. The highest BCUT2D eigenvalue weighted by atomic mass is 32.2. The first-order valence-corrected chi connectivity index (χ1v) is 15.0. The molecular weight excluding hydrogens is 546 g/mol. The fraction of sp³-hybridized carbons (Fsp3) is 0.429. The van der Waals surface area contributed by atoms with E-state index in [4.69, 9.17) is 10.2 Å². The van der Waals surface area contributed by atoms with E-state index in [2.05, 4.69) is 11.2 Å². The van der Waals surface area contributed by atoms with Crippen LogP contribution in [0, 0.1) is 18.3 Å². The topological polar surface area (TPSA) is 159 Å². The maximum Gasteiger partial charge on any atom is 0.306 e. The number of aromatic nitrogens is 2. The SMILES string of the molecule is Cc1cc(C(=O)n2nc(C3CCCN(S(=O)(=O)N4CCCC4)C3=O)c(C#N)c2N(C)Cc2ccc(CN)cc2)co1. The van der Waals surface area contributed by atoms with E-state index < -0.39 is 27.9 Å². The van der Waals surface area contributed by atoms with Crippen molar-refractivity contribution in [3.63, 3.8) is 0 Å². The van der Waals surface area contributed by atoms with Gasteiger partial charge in [-0.2, -0.15) is 27.8 Å². The Hall–Kier alpha value is -3.99. The molecule has 12 nitrogen and oxygen atoms in total. The van der Waals surface area contributed by atoms with Gasteiger partial charge in [-0.1, -0.05) is 24.3 Å². The maximum atomic E-state index is 13.7. The van der Waals surface area contributed by atoms with Gasteiger partial charge in [-0.15, -0.1) is 0 Å². The van der Waals surface area contributed by atoms with Gasteiger partial charge in [0.2, 0.25) is 5.91 Å². The molecule has 2 aliphatic heterocycles. The van der Waals surface area contributed by atoms with E-state index in [-0.39, 0.29) is 29.2 Å². The third-order valence-corrected chi connectivity index (χ3v) is 9.54. The minimum atomic E-state index is -3.99. The van der Waals surface area contributed by atoms with Crippen molar-refractivity contribution in [3.05, 3.63) is 70.3 Å². The van der Waals surface area contributed by atoms with Crippen molar-refractivity contribution in [2.75, 3.05) is 31.6 Å². The van der Waals surface area contributed by atoms with Gasteiger partial charge >= 0.3 is 10.2 Å². The summed E-state index contributed by atoms with van der Waals surface area (Å²) in [5.41, 5.74) is 7.98. The first-order chi connectivity index (χ1) is 19.6. The lowest BCUT2D eigenvalue weighted by Crippen LogP contribution is -2.50. The van der Waals surface area contributed by atoms with Crippen LogP contribution in [0.2, 0.25) is 0 Å². The minimum absolute atomic E-state index is 0.0541. The second-order valence-corrected chi connectivity index (χ2v) is 12.3. The highest BCUT2D eigenvalue weighted by Gasteiger charge is 2.43. The summed E-state index contributed by atoms with van der Waals surface area (Å²) in [7, 11) is -2.26. The summed E-state index contributed by atoms with van der Waals surface area (Å²) >= 11 is 0. The number of nitriles is 1. The summed E-state index contributed by atoms with van der Waals surface area (Å²) in [6, 6.07) is 11.4. The summed E-state index contributed by atoms with van der Waals surface area (Å²) in [6.07, 6.45) is 3.52. The van der Waals surface area contributed by atoms with Crippen LogP contribution in [0.15, 0.2) is 41.0 Å². The van der Waals surface area contributed by atoms with Gasteiger partial charge in [0.1, 0.15) is 23.7 Å². The monoisotopic (exact) mass is 579 g/mol. The zero-order chi connectivity index (χ0) is 29.3. The number of furan rings is 1. The van der Waals surface area contributed by atoms with Crippen molar-refractivity contribution in [1.29, 1.82) is 5.26 Å². The molecule has 1 amide bonds. The predicted octanol–water partition coefficient (Wildman–Crippen LogP) is 2.49. The van der Waals surface area contributed by atoms with E-state index in [1.54, 1.807) is 24.9 Å². The Morgan fingerprint density at radius 1 is 1.17 bits per heavy atom. The van der Waals surface area contributed by atoms with Crippen LogP contribution in [-0.4, -0.2) is 65.3 Å². The molecule has 216 valence electrons. The Kier molecular flexibility index (Phi) is 7.99. The molecule has 13 heteroatoms. The second kappa shape index (κ2) is 11.5. The summed E-state index contributed by atoms with van der Waals surface area (Å²) in [5.74, 6) is -1.42. The average Bonchev–Trinajstić information content (AvgIpc) is 3.73. The van der Waals surface area contributed by atoms with Crippen LogP contribution in [0.5, 0.6) is 0 Å². The predicted molar refractivity (Wildman–Crippen MR) is 150 cm³/mol. The molecular formula is C28H33N7O5S. The Morgan fingerprint density at radius 2 is 1.85 bits per heavy atom. The van der Waals surface area contributed by atoms with E-state index in [1.807, 2.05) is 24.3 Å². The zero-order valence-electron chi connectivity index (χ0n) is 23.1. The highest BCUT2D eigenvalue weighted by Crippen LogP contribution is 2.36. The molecule has 2 aromatic heterocycles. The number of rotatable bonds is 8. The molecule has 0 bridgehead atoms. The fourth-order valence-corrected chi connectivity index (χ4v) is 7.18. The van der Waals surface area contributed by atoms with Gasteiger partial charge in [0.25, 0.3) is 5.91 Å². The van der Waals surface area contributed by atoms with Crippen molar-refractivity contribution in [2.45, 2.75) is 51.6 Å². The van der Waals surface area contributed by atoms with E-state index in [9.17, 15) is 23.3 Å². The number of carbonyl (C=O) groups excluding carboxylic acids is 2. The minimum Gasteiger partial charge on any atom is -0.469 e. The van der Waals surface area contributed by atoms with Crippen LogP contribution in [0.1, 0.15) is 70.1 Å². The Bertz CT molecular complexity index is 1600. The molecule has 0 spiro atoms. The molecule has 1 aromatic carbocycles. The zero-order valence-corrected chi connectivity index (χ0v) is 23.9. The van der Waals surface area contributed by atoms with Crippen molar-refractivity contribution < 1.29 is 22.4 Å². The molecule has 2 fully saturated rings. The van der Waals surface area contributed by atoms with Crippen molar-refractivity contribution >= 4 is 27.8 Å². The molecule has 4 heterocycles. The molecule has 0 saturated carbocycles. The maximum absolute atomic E-state index is 13.7. The average molecular weight is 580 g/mol. The van der Waals surface area contributed by atoms with E-state index in [1.165, 1.54) is 10.6 Å². The molecule has 41 heavy (non-hydrogen) atoms. The van der Waals surface area contributed by atoms with Crippen molar-refractivity contribution in [2.24, 2.45) is 5.73 Å². The van der Waals surface area contributed by atoms with Gasteiger partial charge in [0, 0.05) is 39.8 Å². The normalized spacial score (nSPS) is 18.0. The first-order valence-electron chi connectivity index (χ1n) is 13.6. The molecule has 2 saturated heterocycles. The van der Waals surface area contributed by atoms with E-state index in [0.717, 1.165) is 33.0 Å². The summed E-state index contributed by atoms with van der Waals surface area (Å²) in [6.45, 7) is 3.25. The van der Waals surface area contributed by atoms with Gasteiger partial charge in [-0.25, -0.2) is 4.31 Å². The lowest BCUT2D eigenvalue weighted by molar-refractivity contribution is -0.130. The molecule has 1 atom stereocenters. The number of carbonyl (C=O) groups is 2. The molecule has 3 aromatic rings. The van der Waals surface area contributed by atoms with Crippen molar-refractivity contribution in [1.82, 2.24) is 18.4 Å². The van der Waals surface area contributed by atoms with Crippen molar-refractivity contribution in [3.8, 4) is 6.07 Å². The summed E-state index contributed by atoms with van der Waals surface area (Å²) < 4.78 is 35.3. The van der Waals surface area contributed by atoms with Gasteiger partial charge in [0.05, 0.1) is 17.2 Å². The van der Waals surface area contributed by atoms with Crippen LogP contribution in [-0.2, 0) is 28.1 Å². The highest BCUT2D eigenvalue weighted by molar-refractivity contribution is 7.87. The van der Waals surface area contributed by atoms with Crippen LogP contribution < -0.4 is 10.6 Å². The summed E-state index contributed by atoms with van der Waals surface area (Å²) in [5, 5.41) is 14.9. The lowest BCUT2D eigenvalue weighted by atomic mass is 9.93. The van der Waals surface area contributed by atoms with Crippen LogP contribution in [0.25, 0.3) is 0 Å². The smallest absolute Gasteiger partial charge is 0.306 e. The Morgan fingerprint density at radius 3 is 2.46 bits per heavy atom. The van der Waals surface area contributed by atoms with Crippen LogP contribution >= 0.6 is 0 Å². The van der Waals surface area contributed by atoms with Gasteiger partial charge in [-0.3, -0.25) is 9.59 Å². The molecule has 5 rings (SSSR count). The molecule has 2 aliphatic rings. The second-order valence-electron chi connectivity index (χ2n) is 10.5. The van der Waals surface area contributed by atoms with E-state index >= 15 is 0 Å². The third kappa shape index (κ3) is 5.38. The number of nitrogens with zero attached hydrogens (tertiary/aromatic N) is 6. The largest absolute Gasteiger partial charge is 0.469 e. The third-order valence-electron chi connectivity index (χ3n) is 7.61. The number of anilines is 1. The number of aryl methyl sites for hydroxylation is 1. The van der Waals surface area contributed by atoms with Gasteiger partial charge in [-0.05, 0) is 49.8 Å². The number of amides is 1. The number of nitrogens with two attached hydrogens (primary N) is 1. The standard InChI is InChI=1S/C28H33N7O5S/c1-19-14-22(18-40-19)27(36)35-26(32(2)17-21-9-7-20(15-29)8-10-21)24(16-30)25(31-35)23-6-5-13-34(28(23)37)41(38,39)33-11-3-4-12-33/h7-10,14,18,23H,3-6,11-13,15,17,29H2,1-2H3. The summed E-state index contributed by atoms with van der Waals surface area (Å²) in [4.78, 5) is 29.1. The molecule has 2 N–H and O–H groups in total. The molecule has 1 unspecified atom stereocenters. The van der Waals surface area contributed by atoms with Crippen LogP contribution in [0.4, 0.5) is 5.82 Å². The van der Waals surface area contributed by atoms with Gasteiger partial charge in [0.15, 0.2) is 5.82 Å². The number of benzene rings is 1.